The predicted molar refractivity (Wildman–Crippen MR) is 78.4 cm³/mol. The first-order valence-corrected chi connectivity index (χ1v) is 7.38. The first-order valence-electron chi connectivity index (χ1n) is 7.38. The summed E-state index contributed by atoms with van der Waals surface area (Å²) in [6.45, 7) is 4.79. The van der Waals surface area contributed by atoms with E-state index in [0.717, 1.165) is 18.2 Å². The maximum Gasteiger partial charge on any atom is 0.252 e. The third-order valence-corrected chi connectivity index (χ3v) is 4.36. The number of aryl methyl sites for hydroxylation is 1. The van der Waals surface area contributed by atoms with Gasteiger partial charge in [0.1, 0.15) is 0 Å². The van der Waals surface area contributed by atoms with Crippen molar-refractivity contribution in [3.8, 4) is 0 Å². The van der Waals surface area contributed by atoms with Crippen molar-refractivity contribution in [1.82, 2.24) is 9.88 Å². The van der Waals surface area contributed by atoms with Gasteiger partial charge in [-0.3, -0.25) is 9.88 Å². The van der Waals surface area contributed by atoms with Crippen LogP contribution in [0.4, 0.5) is 8.78 Å². The molecule has 2 heterocycles. The number of rotatable bonds is 5. The van der Waals surface area contributed by atoms with Gasteiger partial charge in [-0.1, -0.05) is 6.07 Å². The number of hydrogen-bond donors (Lipinski definition) is 0. The monoisotopic (exact) mass is 298 g/mol. The zero-order valence-electron chi connectivity index (χ0n) is 13.0. The Morgan fingerprint density at radius 1 is 1.33 bits per heavy atom. The molecule has 21 heavy (non-hydrogen) atoms. The standard InChI is InChI=1S/C16H24F2N2O/c1-13-4-5-14(19-10-13)11-20(3)12-16(15(2,17)18)6-8-21-9-7-16/h4-5,10H,6-9,11-12H2,1-3H3. The molecule has 0 radical (unpaired) electrons. The number of alkyl halides is 2. The smallest absolute Gasteiger partial charge is 0.252 e. The summed E-state index contributed by atoms with van der Waals surface area (Å²) >= 11 is 0. The van der Waals surface area contributed by atoms with Gasteiger partial charge in [0.05, 0.1) is 11.1 Å². The second-order valence-electron chi connectivity index (χ2n) is 6.28. The lowest BCUT2D eigenvalue weighted by atomic mass is 9.74. The van der Waals surface area contributed by atoms with Gasteiger partial charge in [-0.05, 0) is 45.4 Å². The van der Waals surface area contributed by atoms with Crippen LogP contribution in [0.5, 0.6) is 0 Å². The van der Waals surface area contributed by atoms with E-state index < -0.39 is 11.3 Å². The normalized spacial score (nSPS) is 19.0. The zero-order chi connectivity index (χ0) is 15.5. The van der Waals surface area contributed by atoms with E-state index in [1.54, 1.807) is 0 Å². The van der Waals surface area contributed by atoms with Crippen molar-refractivity contribution < 1.29 is 13.5 Å². The Kier molecular flexibility index (Phi) is 4.94. The molecule has 0 spiro atoms. The van der Waals surface area contributed by atoms with Crippen LogP contribution in [0.3, 0.4) is 0 Å². The number of aromatic nitrogens is 1. The lowest BCUT2D eigenvalue weighted by Crippen LogP contribution is -2.50. The minimum absolute atomic E-state index is 0.357. The highest BCUT2D eigenvalue weighted by molar-refractivity contribution is 5.12. The Labute approximate surface area is 125 Å². The van der Waals surface area contributed by atoms with Gasteiger partial charge in [0.25, 0.3) is 5.92 Å². The van der Waals surface area contributed by atoms with Crippen molar-refractivity contribution in [2.75, 3.05) is 26.8 Å². The van der Waals surface area contributed by atoms with E-state index in [2.05, 4.69) is 4.98 Å². The fraction of sp³-hybridized carbons (Fsp3) is 0.688. The Bertz CT molecular complexity index is 450. The van der Waals surface area contributed by atoms with Crippen LogP contribution in [0.2, 0.25) is 0 Å². The highest BCUT2D eigenvalue weighted by atomic mass is 19.3. The maximum atomic E-state index is 14.1. The minimum Gasteiger partial charge on any atom is -0.381 e. The molecule has 0 aromatic carbocycles. The Balaban J connectivity index is 2.04. The van der Waals surface area contributed by atoms with E-state index in [1.165, 1.54) is 0 Å². The summed E-state index contributed by atoms with van der Waals surface area (Å²) in [5.74, 6) is -2.70. The van der Waals surface area contributed by atoms with Crippen molar-refractivity contribution in [1.29, 1.82) is 0 Å². The van der Waals surface area contributed by atoms with Crippen molar-refractivity contribution in [3.63, 3.8) is 0 Å². The second kappa shape index (κ2) is 6.36. The van der Waals surface area contributed by atoms with E-state index in [0.29, 0.717) is 39.1 Å². The number of pyridine rings is 1. The lowest BCUT2D eigenvalue weighted by Gasteiger charge is -2.43. The molecule has 0 bridgehead atoms. The van der Waals surface area contributed by atoms with Crippen LogP contribution in [0.1, 0.15) is 31.0 Å². The third-order valence-electron chi connectivity index (χ3n) is 4.36. The molecule has 1 aliphatic heterocycles. The number of ether oxygens (including phenoxy) is 1. The average Bonchev–Trinajstić information content (AvgIpc) is 2.41. The van der Waals surface area contributed by atoms with E-state index in [4.69, 9.17) is 4.74 Å². The first-order chi connectivity index (χ1) is 9.82. The first kappa shape index (κ1) is 16.3. The zero-order valence-corrected chi connectivity index (χ0v) is 13.0. The van der Waals surface area contributed by atoms with Crippen LogP contribution < -0.4 is 0 Å². The summed E-state index contributed by atoms with van der Waals surface area (Å²) in [5, 5.41) is 0. The second-order valence-corrected chi connectivity index (χ2v) is 6.28. The van der Waals surface area contributed by atoms with Crippen LogP contribution in [0.25, 0.3) is 0 Å². The molecule has 1 aromatic heterocycles. The summed E-state index contributed by atoms with van der Waals surface area (Å²) < 4.78 is 33.5. The minimum atomic E-state index is -2.70. The summed E-state index contributed by atoms with van der Waals surface area (Å²) in [4.78, 5) is 6.29. The van der Waals surface area contributed by atoms with Gasteiger partial charge in [-0.15, -0.1) is 0 Å². The summed E-state index contributed by atoms with van der Waals surface area (Å²) in [5.41, 5.74) is 1.01. The summed E-state index contributed by atoms with van der Waals surface area (Å²) in [6.07, 6.45) is 2.62. The molecule has 0 N–H and O–H groups in total. The molecule has 0 atom stereocenters. The molecule has 1 fully saturated rings. The van der Waals surface area contributed by atoms with Gasteiger partial charge in [-0.25, -0.2) is 8.78 Å². The Hall–Kier alpha value is -1.07. The van der Waals surface area contributed by atoms with Gasteiger partial charge >= 0.3 is 0 Å². The van der Waals surface area contributed by atoms with Crippen LogP contribution in [-0.2, 0) is 11.3 Å². The average molecular weight is 298 g/mol. The molecular formula is C16H24F2N2O. The van der Waals surface area contributed by atoms with E-state index >= 15 is 0 Å². The number of halogens is 2. The van der Waals surface area contributed by atoms with Gasteiger partial charge < -0.3 is 4.74 Å². The molecule has 118 valence electrons. The number of hydrogen-bond acceptors (Lipinski definition) is 3. The summed E-state index contributed by atoms with van der Waals surface area (Å²) in [6, 6.07) is 3.95. The molecule has 1 saturated heterocycles. The molecule has 1 aliphatic rings. The highest BCUT2D eigenvalue weighted by Crippen LogP contribution is 2.45. The van der Waals surface area contributed by atoms with Crippen molar-refractivity contribution in [2.45, 2.75) is 39.2 Å². The molecule has 5 heteroatoms. The van der Waals surface area contributed by atoms with Crippen LogP contribution in [0.15, 0.2) is 18.3 Å². The molecule has 0 unspecified atom stereocenters. The highest BCUT2D eigenvalue weighted by Gasteiger charge is 2.50. The van der Waals surface area contributed by atoms with Gasteiger partial charge in [0.15, 0.2) is 0 Å². The fourth-order valence-electron chi connectivity index (χ4n) is 2.94. The van der Waals surface area contributed by atoms with Crippen molar-refractivity contribution in [3.05, 3.63) is 29.6 Å². The van der Waals surface area contributed by atoms with Crippen LogP contribution in [-0.4, -0.2) is 42.6 Å². The lowest BCUT2D eigenvalue weighted by molar-refractivity contribution is -0.159. The van der Waals surface area contributed by atoms with Crippen LogP contribution in [0, 0.1) is 12.3 Å². The predicted octanol–water partition coefficient (Wildman–Crippen LogP) is 3.27. The molecule has 0 aliphatic carbocycles. The van der Waals surface area contributed by atoms with E-state index in [-0.39, 0.29) is 0 Å². The largest absolute Gasteiger partial charge is 0.381 e. The SMILES string of the molecule is Cc1ccc(CN(C)CC2(C(C)(F)F)CCOCC2)nc1. The molecule has 1 aromatic rings. The summed E-state index contributed by atoms with van der Waals surface area (Å²) in [7, 11) is 1.88. The maximum absolute atomic E-state index is 14.1. The molecule has 3 nitrogen and oxygen atoms in total. The molecule has 0 amide bonds. The molecular weight excluding hydrogens is 274 g/mol. The molecule has 0 saturated carbocycles. The van der Waals surface area contributed by atoms with Crippen molar-refractivity contribution in [2.24, 2.45) is 5.41 Å². The number of nitrogens with zero attached hydrogens (tertiary/aromatic N) is 2. The quantitative estimate of drug-likeness (QED) is 0.834. The van der Waals surface area contributed by atoms with E-state index in [9.17, 15) is 8.78 Å². The van der Waals surface area contributed by atoms with Gasteiger partial charge in [0, 0.05) is 32.5 Å². The fourth-order valence-corrected chi connectivity index (χ4v) is 2.94. The topological polar surface area (TPSA) is 25.4 Å². The molecule has 2 rings (SSSR count). The van der Waals surface area contributed by atoms with E-state index in [1.807, 2.05) is 37.2 Å². The van der Waals surface area contributed by atoms with Gasteiger partial charge in [-0.2, -0.15) is 0 Å². The Morgan fingerprint density at radius 2 is 2.00 bits per heavy atom. The van der Waals surface area contributed by atoms with Crippen LogP contribution >= 0.6 is 0 Å². The third kappa shape index (κ3) is 3.98. The van der Waals surface area contributed by atoms with Gasteiger partial charge in [0.2, 0.25) is 0 Å². The Morgan fingerprint density at radius 3 is 2.52 bits per heavy atom. The van der Waals surface area contributed by atoms with Crippen molar-refractivity contribution >= 4 is 0 Å².